The van der Waals surface area contributed by atoms with Gasteiger partial charge in [-0.25, -0.2) is 8.42 Å². The van der Waals surface area contributed by atoms with E-state index in [4.69, 9.17) is 0 Å². The number of rotatable bonds is 4. The van der Waals surface area contributed by atoms with Gasteiger partial charge in [0.15, 0.2) is 9.84 Å². The lowest BCUT2D eigenvalue weighted by molar-refractivity contribution is 0.0921. The van der Waals surface area contributed by atoms with E-state index in [1.54, 1.807) is 24.3 Å². The van der Waals surface area contributed by atoms with Crippen LogP contribution in [0.5, 0.6) is 0 Å². The minimum Gasteiger partial charge on any atom is -0.349 e. The van der Waals surface area contributed by atoms with Crippen molar-refractivity contribution in [2.75, 3.05) is 6.26 Å². The van der Waals surface area contributed by atoms with Gasteiger partial charge in [-0.3, -0.25) is 4.79 Å². The molecule has 2 rings (SSSR count). The normalized spacial score (nSPS) is 22.8. The molecule has 21 heavy (non-hydrogen) atoms. The van der Waals surface area contributed by atoms with E-state index in [0.717, 1.165) is 19.3 Å². The number of sulfone groups is 1. The second kappa shape index (κ2) is 6.60. The predicted molar refractivity (Wildman–Crippen MR) is 83.9 cm³/mol. The van der Waals surface area contributed by atoms with Gasteiger partial charge in [0.1, 0.15) is 0 Å². The Labute approximate surface area is 126 Å². The van der Waals surface area contributed by atoms with Crippen LogP contribution in [-0.4, -0.2) is 26.6 Å². The van der Waals surface area contributed by atoms with Crippen molar-refractivity contribution in [3.05, 3.63) is 35.4 Å². The van der Waals surface area contributed by atoms with Crippen molar-refractivity contribution < 1.29 is 13.2 Å². The molecule has 1 aromatic carbocycles. The summed E-state index contributed by atoms with van der Waals surface area (Å²) in [5.41, 5.74) is 1.19. The third kappa shape index (κ3) is 5.16. The van der Waals surface area contributed by atoms with Crippen LogP contribution < -0.4 is 5.32 Å². The number of hydrogen-bond acceptors (Lipinski definition) is 3. The van der Waals surface area contributed by atoms with E-state index in [1.165, 1.54) is 12.7 Å². The van der Waals surface area contributed by atoms with Gasteiger partial charge in [0.2, 0.25) is 0 Å². The molecule has 0 aromatic heterocycles. The van der Waals surface area contributed by atoms with Crippen LogP contribution >= 0.6 is 0 Å². The number of benzene rings is 1. The van der Waals surface area contributed by atoms with Gasteiger partial charge in [0, 0.05) is 17.9 Å². The molecule has 1 aliphatic rings. The van der Waals surface area contributed by atoms with Crippen LogP contribution in [0.1, 0.15) is 48.5 Å². The molecule has 116 valence electrons. The van der Waals surface area contributed by atoms with Crippen molar-refractivity contribution in [2.24, 2.45) is 5.92 Å². The van der Waals surface area contributed by atoms with E-state index in [2.05, 4.69) is 12.2 Å². The van der Waals surface area contributed by atoms with E-state index in [0.29, 0.717) is 17.0 Å². The zero-order chi connectivity index (χ0) is 15.5. The first-order chi connectivity index (χ1) is 9.83. The van der Waals surface area contributed by atoms with Gasteiger partial charge in [0.25, 0.3) is 5.91 Å². The summed E-state index contributed by atoms with van der Waals surface area (Å²) in [6.45, 7) is 2.21. The Bertz CT molecular complexity index is 610. The van der Waals surface area contributed by atoms with Crippen LogP contribution in [0.2, 0.25) is 0 Å². The number of amides is 1. The molecule has 0 bridgehead atoms. The predicted octanol–water partition coefficient (Wildman–Crippen LogP) is 2.54. The first-order valence-corrected chi connectivity index (χ1v) is 9.47. The van der Waals surface area contributed by atoms with Crippen molar-refractivity contribution in [3.63, 3.8) is 0 Å². The molecular weight excluding hydrogens is 286 g/mol. The fourth-order valence-electron chi connectivity index (χ4n) is 2.94. The second-order valence-corrected chi connectivity index (χ2v) is 8.35. The highest BCUT2D eigenvalue weighted by Crippen LogP contribution is 2.23. The molecule has 5 heteroatoms. The summed E-state index contributed by atoms with van der Waals surface area (Å²) in [5.74, 6) is 0.513. The Balaban J connectivity index is 2.03. The molecule has 0 saturated heterocycles. The molecule has 0 aliphatic heterocycles. The number of carbonyl (C=O) groups is 1. The summed E-state index contributed by atoms with van der Waals surface area (Å²) in [6.07, 6.45) is 5.63. The zero-order valence-corrected chi connectivity index (χ0v) is 13.4. The van der Waals surface area contributed by atoms with E-state index in [9.17, 15) is 13.2 Å². The summed E-state index contributed by atoms with van der Waals surface area (Å²) in [4.78, 5) is 12.3. The molecule has 4 nitrogen and oxygen atoms in total. The Morgan fingerprint density at radius 2 is 2.10 bits per heavy atom. The number of nitrogens with one attached hydrogen (secondary N) is 1. The van der Waals surface area contributed by atoms with Crippen molar-refractivity contribution in [3.8, 4) is 0 Å². The van der Waals surface area contributed by atoms with Crippen molar-refractivity contribution >= 4 is 15.7 Å². The van der Waals surface area contributed by atoms with Crippen LogP contribution in [0.3, 0.4) is 0 Å². The first-order valence-electron chi connectivity index (χ1n) is 7.41. The Hall–Kier alpha value is -1.36. The molecule has 2 atom stereocenters. The highest BCUT2D eigenvalue weighted by Gasteiger charge is 2.21. The molecule has 1 aromatic rings. The first kappa shape index (κ1) is 16.0. The van der Waals surface area contributed by atoms with Gasteiger partial charge < -0.3 is 5.32 Å². The third-order valence-electron chi connectivity index (χ3n) is 3.89. The van der Waals surface area contributed by atoms with Crippen LogP contribution in [0.15, 0.2) is 24.3 Å². The standard InChI is InChI=1S/C16H23NO3S/c1-12-5-3-8-15(9-12)17-16(18)14-7-4-6-13(10-14)11-21(2,19)20/h4,6-7,10,12,15H,3,5,8-9,11H2,1-2H3,(H,17,18). The molecule has 1 N–H and O–H groups in total. The lowest BCUT2D eigenvalue weighted by atomic mass is 9.87. The van der Waals surface area contributed by atoms with Crippen LogP contribution in [-0.2, 0) is 15.6 Å². The largest absolute Gasteiger partial charge is 0.349 e. The highest BCUT2D eigenvalue weighted by atomic mass is 32.2. The van der Waals surface area contributed by atoms with Crippen LogP contribution in [0.4, 0.5) is 0 Å². The summed E-state index contributed by atoms with van der Waals surface area (Å²) in [7, 11) is -3.09. The maximum atomic E-state index is 12.3. The average Bonchev–Trinajstić information content (AvgIpc) is 2.37. The molecular formula is C16H23NO3S. The smallest absolute Gasteiger partial charge is 0.251 e. The molecule has 1 aliphatic carbocycles. The van der Waals surface area contributed by atoms with Crippen molar-refractivity contribution in [1.82, 2.24) is 5.32 Å². The second-order valence-electron chi connectivity index (χ2n) is 6.21. The van der Waals surface area contributed by atoms with Gasteiger partial charge in [-0.1, -0.05) is 31.9 Å². The Morgan fingerprint density at radius 1 is 1.33 bits per heavy atom. The third-order valence-corrected chi connectivity index (χ3v) is 4.75. The quantitative estimate of drug-likeness (QED) is 0.929. The summed E-state index contributed by atoms with van der Waals surface area (Å²) in [5, 5.41) is 3.07. The van der Waals surface area contributed by atoms with E-state index in [1.807, 2.05) is 0 Å². The van der Waals surface area contributed by atoms with E-state index >= 15 is 0 Å². The van der Waals surface area contributed by atoms with Crippen LogP contribution in [0.25, 0.3) is 0 Å². The van der Waals surface area contributed by atoms with E-state index < -0.39 is 9.84 Å². The lowest BCUT2D eigenvalue weighted by Gasteiger charge is -2.27. The van der Waals surface area contributed by atoms with Gasteiger partial charge in [-0.05, 0) is 36.5 Å². The van der Waals surface area contributed by atoms with Crippen molar-refractivity contribution in [2.45, 2.75) is 44.4 Å². The minimum absolute atomic E-state index is 0.0332. The molecule has 0 radical (unpaired) electrons. The van der Waals surface area contributed by atoms with Gasteiger partial charge in [-0.15, -0.1) is 0 Å². The zero-order valence-electron chi connectivity index (χ0n) is 12.6. The lowest BCUT2D eigenvalue weighted by Crippen LogP contribution is -2.38. The van der Waals surface area contributed by atoms with Gasteiger partial charge >= 0.3 is 0 Å². The maximum absolute atomic E-state index is 12.3. The fourth-order valence-corrected chi connectivity index (χ4v) is 3.72. The van der Waals surface area contributed by atoms with Gasteiger partial charge in [0.05, 0.1) is 5.75 Å². The maximum Gasteiger partial charge on any atom is 0.251 e. The average molecular weight is 309 g/mol. The van der Waals surface area contributed by atoms with Crippen LogP contribution in [0, 0.1) is 5.92 Å². The molecule has 1 saturated carbocycles. The molecule has 2 unspecified atom stereocenters. The summed E-state index contributed by atoms with van der Waals surface area (Å²) >= 11 is 0. The SMILES string of the molecule is CC1CCCC(NC(=O)c2cccc(CS(C)(=O)=O)c2)C1. The topological polar surface area (TPSA) is 63.2 Å². The molecule has 1 fully saturated rings. The summed E-state index contributed by atoms with van der Waals surface area (Å²) in [6, 6.07) is 7.11. The van der Waals surface area contributed by atoms with Crippen molar-refractivity contribution in [1.29, 1.82) is 0 Å². The molecule has 0 heterocycles. The number of hydrogen-bond donors (Lipinski definition) is 1. The minimum atomic E-state index is -3.09. The Morgan fingerprint density at radius 3 is 2.76 bits per heavy atom. The monoisotopic (exact) mass is 309 g/mol. The van der Waals surface area contributed by atoms with Gasteiger partial charge in [-0.2, -0.15) is 0 Å². The molecule has 0 spiro atoms. The fraction of sp³-hybridized carbons (Fsp3) is 0.562. The summed E-state index contributed by atoms with van der Waals surface area (Å²) < 4.78 is 22.7. The molecule has 1 amide bonds. The Kier molecular flexibility index (Phi) is 5.04. The highest BCUT2D eigenvalue weighted by molar-refractivity contribution is 7.89. The number of carbonyl (C=O) groups excluding carboxylic acids is 1. The van der Waals surface area contributed by atoms with E-state index in [-0.39, 0.29) is 17.7 Å².